The first kappa shape index (κ1) is 17.7. The van der Waals surface area contributed by atoms with Crippen molar-refractivity contribution in [3.8, 4) is 6.07 Å². The Hall–Kier alpha value is -2.61. The summed E-state index contributed by atoms with van der Waals surface area (Å²) in [5, 5.41) is 24.1. The minimum atomic E-state index is -0.603. The molecular weight excluding hydrogens is 305 g/mol. The lowest BCUT2D eigenvalue weighted by Gasteiger charge is -2.19. The Morgan fingerprint density at radius 2 is 1.88 bits per heavy atom. The van der Waals surface area contributed by atoms with E-state index in [0.29, 0.717) is 12.1 Å². The summed E-state index contributed by atoms with van der Waals surface area (Å²) >= 11 is 0. The highest BCUT2D eigenvalue weighted by molar-refractivity contribution is 5.93. The van der Waals surface area contributed by atoms with Crippen molar-refractivity contribution in [1.29, 1.82) is 5.26 Å². The summed E-state index contributed by atoms with van der Waals surface area (Å²) in [6.07, 6.45) is 0. The molecular formula is C19H22FN3O. The molecule has 0 aliphatic heterocycles. The molecule has 24 heavy (non-hydrogen) atoms. The molecule has 0 saturated carbocycles. The van der Waals surface area contributed by atoms with E-state index < -0.39 is 5.82 Å². The van der Waals surface area contributed by atoms with Gasteiger partial charge in [-0.05, 0) is 30.4 Å². The molecule has 0 aliphatic carbocycles. The van der Waals surface area contributed by atoms with Gasteiger partial charge in [-0.2, -0.15) is 10.4 Å². The Morgan fingerprint density at radius 1 is 1.29 bits per heavy atom. The van der Waals surface area contributed by atoms with Gasteiger partial charge in [0.15, 0.2) is 11.6 Å². The lowest BCUT2D eigenvalue weighted by Crippen LogP contribution is -2.10. The predicted octanol–water partition coefficient (Wildman–Crippen LogP) is 4.60. The topological polar surface area (TPSA) is 61.8 Å². The van der Waals surface area contributed by atoms with Gasteiger partial charge in [-0.25, -0.2) is 4.39 Å². The molecule has 0 saturated heterocycles. The van der Waals surface area contributed by atoms with Crippen LogP contribution in [0.1, 0.15) is 50.2 Å². The highest BCUT2D eigenvalue weighted by atomic mass is 19.1. The maximum Gasteiger partial charge on any atom is 0.175 e. The third-order valence-corrected chi connectivity index (χ3v) is 3.97. The molecule has 2 rings (SSSR count). The van der Waals surface area contributed by atoms with E-state index in [1.165, 1.54) is 11.6 Å². The number of hydrogen-bond acceptors (Lipinski definition) is 3. The lowest BCUT2D eigenvalue weighted by atomic mass is 9.86. The van der Waals surface area contributed by atoms with Gasteiger partial charge in [-0.3, -0.25) is 4.68 Å². The normalized spacial score (nSPS) is 12.7. The first-order valence-electron chi connectivity index (χ1n) is 7.88. The molecule has 0 spiro atoms. The minimum Gasteiger partial charge on any atom is -0.504 e. The van der Waals surface area contributed by atoms with Gasteiger partial charge in [-0.15, -0.1) is 0 Å². The number of hydrogen-bond donors (Lipinski definition) is 1. The molecule has 4 nitrogen and oxygen atoms in total. The van der Waals surface area contributed by atoms with Gasteiger partial charge in [0.2, 0.25) is 0 Å². The van der Waals surface area contributed by atoms with Gasteiger partial charge >= 0.3 is 0 Å². The van der Waals surface area contributed by atoms with Crippen LogP contribution in [0, 0.1) is 24.1 Å². The van der Waals surface area contributed by atoms with Crippen molar-refractivity contribution in [1.82, 2.24) is 9.78 Å². The Kier molecular flexibility index (Phi) is 4.79. The number of aliphatic hydroxyl groups is 1. The molecule has 126 valence electrons. The van der Waals surface area contributed by atoms with Crippen LogP contribution >= 0.6 is 0 Å². The quantitative estimate of drug-likeness (QED) is 0.662. The van der Waals surface area contributed by atoms with Crippen molar-refractivity contribution in [3.05, 3.63) is 52.6 Å². The first-order valence-corrected chi connectivity index (χ1v) is 7.88. The maximum atomic E-state index is 14.3. The number of nitrogens with zero attached hydrogens (tertiary/aromatic N) is 3. The summed E-state index contributed by atoms with van der Waals surface area (Å²) in [6, 6.07) is 9.36. The van der Waals surface area contributed by atoms with Crippen LogP contribution in [0.2, 0.25) is 0 Å². The Balaban J connectivity index is 2.59. The second-order valence-corrected chi connectivity index (χ2v) is 6.73. The van der Waals surface area contributed by atoms with Crippen LogP contribution in [0.3, 0.4) is 0 Å². The predicted molar refractivity (Wildman–Crippen MR) is 92.8 cm³/mol. The van der Waals surface area contributed by atoms with E-state index in [-0.39, 0.29) is 28.1 Å². The minimum absolute atomic E-state index is 0.0128. The average Bonchev–Trinajstić information content (AvgIpc) is 2.82. The van der Waals surface area contributed by atoms with Gasteiger partial charge in [0.1, 0.15) is 17.3 Å². The molecule has 0 atom stereocenters. The first-order chi connectivity index (χ1) is 11.2. The monoisotopic (exact) mass is 327 g/mol. The maximum absolute atomic E-state index is 14.3. The summed E-state index contributed by atoms with van der Waals surface area (Å²) in [6.45, 7) is 10.0. The van der Waals surface area contributed by atoms with Crippen molar-refractivity contribution in [2.24, 2.45) is 0 Å². The fraction of sp³-hybridized carbons (Fsp3) is 0.368. The van der Waals surface area contributed by atoms with Gasteiger partial charge in [0, 0.05) is 6.54 Å². The van der Waals surface area contributed by atoms with Crippen molar-refractivity contribution < 1.29 is 9.50 Å². The van der Waals surface area contributed by atoms with Crippen LogP contribution in [-0.2, 0) is 12.0 Å². The number of nitriles is 1. The Morgan fingerprint density at radius 3 is 2.33 bits per heavy atom. The highest BCUT2D eigenvalue weighted by Crippen LogP contribution is 2.29. The van der Waals surface area contributed by atoms with E-state index >= 15 is 0 Å². The zero-order valence-electron chi connectivity index (χ0n) is 14.7. The van der Waals surface area contributed by atoms with Crippen LogP contribution in [0.15, 0.2) is 24.3 Å². The number of halogens is 1. The zero-order chi connectivity index (χ0) is 18.1. The SMILES string of the molecule is CCn1nc(C)c(F)c1C(O)=C(C#N)c1ccc(C(C)(C)C)cc1. The summed E-state index contributed by atoms with van der Waals surface area (Å²) in [5.74, 6) is -0.991. The lowest BCUT2D eigenvalue weighted by molar-refractivity contribution is 0.487. The van der Waals surface area contributed by atoms with E-state index in [1.54, 1.807) is 19.1 Å². The highest BCUT2D eigenvalue weighted by Gasteiger charge is 2.22. The molecule has 0 aliphatic rings. The molecule has 1 heterocycles. The van der Waals surface area contributed by atoms with Crippen LogP contribution < -0.4 is 0 Å². The molecule has 0 fully saturated rings. The van der Waals surface area contributed by atoms with Crippen LogP contribution in [-0.4, -0.2) is 14.9 Å². The van der Waals surface area contributed by atoms with Crippen molar-refractivity contribution in [3.63, 3.8) is 0 Å². The zero-order valence-corrected chi connectivity index (χ0v) is 14.7. The van der Waals surface area contributed by atoms with Gasteiger partial charge in [-0.1, -0.05) is 45.0 Å². The average molecular weight is 327 g/mol. The van der Waals surface area contributed by atoms with Gasteiger partial charge < -0.3 is 5.11 Å². The molecule has 1 N–H and O–H groups in total. The van der Waals surface area contributed by atoms with Crippen molar-refractivity contribution >= 4 is 11.3 Å². The van der Waals surface area contributed by atoms with Crippen molar-refractivity contribution in [2.45, 2.75) is 46.6 Å². The second-order valence-electron chi connectivity index (χ2n) is 6.73. The van der Waals surface area contributed by atoms with Crippen molar-refractivity contribution in [2.75, 3.05) is 0 Å². The van der Waals surface area contributed by atoms with E-state index in [4.69, 9.17) is 0 Å². The Bertz CT molecular complexity index is 818. The Labute approximate surface area is 141 Å². The fourth-order valence-corrected chi connectivity index (χ4v) is 2.52. The van der Waals surface area contributed by atoms with E-state index in [0.717, 1.165) is 5.56 Å². The number of rotatable bonds is 3. The molecule has 0 unspecified atom stereocenters. The molecule has 2 aromatic rings. The van der Waals surface area contributed by atoms with Crippen LogP contribution in [0.4, 0.5) is 4.39 Å². The third-order valence-electron chi connectivity index (χ3n) is 3.97. The number of aromatic nitrogens is 2. The summed E-state index contributed by atoms with van der Waals surface area (Å²) in [5.41, 5.74) is 1.82. The fourth-order valence-electron chi connectivity index (χ4n) is 2.52. The largest absolute Gasteiger partial charge is 0.504 e. The third kappa shape index (κ3) is 3.18. The van der Waals surface area contributed by atoms with E-state index in [9.17, 15) is 14.8 Å². The molecule has 1 aromatic carbocycles. The van der Waals surface area contributed by atoms with Crippen LogP contribution in [0.5, 0.6) is 0 Å². The van der Waals surface area contributed by atoms with E-state index in [2.05, 4.69) is 25.9 Å². The summed E-state index contributed by atoms with van der Waals surface area (Å²) in [7, 11) is 0. The number of aryl methyl sites for hydroxylation is 2. The van der Waals surface area contributed by atoms with Gasteiger partial charge in [0.05, 0.1) is 5.69 Å². The van der Waals surface area contributed by atoms with Gasteiger partial charge in [0.25, 0.3) is 0 Å². The molecule has 0 amide bonds. The summed E-state index contributed by atoms with van der Waals surface area (Å²) < 4.78 is 15.7. The standard InChI is InChI=1S/C19H22FN3O/c1-6-23-17(16(20)12(2)22-23)18(24)15(11-21)13-7-9-14(10-8-13)19(3,4)5/h7-10,24H,6H2,1-5H3. The molecule has 5 heteroatoms. The second kappa shape index (κ2) is 6.48. The number of aliphatic hydroxyl groups excluding tert-OH is 1. The molecule has 0 bridgehead atoms. The van der Waals surface area contributed by atoms with Crippen LogP contribution in [0.25, 0.3) is 11.3 Å². The summed E-state index contributed by atoms with van der Waals surface area (Å²) in [4.78, 5) is 0. The number of benzene rings is 1. The molecule has 0 radical (unpaired) electrons. The molecule has 1 aromatic heterocycles. The van der Waals surface area contributed by atoms with E-state index in [1.807, 2.05) is 18.2 Å². The number of allylic oxidation sites excluding steroid dienone is 1. The smallest absolute Gasteiger partial charge is 0.175 e.